The summed E-state index contributed by atoms with van der Waals surface area (Å²) in [5.74, 6) is 1.78. The molecule has 0 bridgehead atoms. The molecule has 0 saturated heterocycles. The second-order valence-corrected chi connectivity index (χ2v) is 14.9. The molecule has 12 aromatic rings. The maximum absolute atomic E-state index is 5.41. The van der Waals surface area contributed by atoms with Gasteiger partial charge >= 0.3 is 0 Å². The van der Waals surface area contributed by atoms with Crippen molar-refractivity contribution in [2.24, 2.45) is 0 Å². The van der Waals surface area contributed by atoms with Gasteiger partial charge in [0.15, 0.2) is 11.6 Å². The highest BCUT2D eigenvalue weighted by atomic mass is 15.2. The molecule has 0 aliphatic rings. The molecule has 0 N–H and O–H groups in total. The number of rotatable bonds is 5. The van der Waals surface area contributed by atoms with Crippen LogP contribution in [0.25, 0.3) is 111 Å². The lowest BCUT2D eigenvalue weighted by Gasteiger charge is -2.15. The molecule has 8 aromatic carbocycles. The molecule has 0 aliphatic heterocycles. The molecule has 5 nitrogen and oxygen atoms in total. The van der Waals surface area contributed by atoms with Crippen molar-refractivity contribution in [1.29, 1.82) is 0 Å². The smallest absolute Gasteiger partial charge is 0.238 e. The summed E-state index contributed by atoms with van der Waals surface area (Å²) in [4.78, 5) is 16.1. The molecule has 0 radical (unpaired) electrons. The molecule has 5 heteroatoms. The van der Waals surface area contributed by atoms with E-state index in [2.05, 4.69) is 197 Å². The zero-order chi connectivity index (χ0) is 38.2. The Morgan fingerprint density at radius 3 is 1.48 bits per heavy atom. The van der Waals surface area contributed by atoms with Crippen LogP contribution in [-0.2, 0) is 0 Å². The minimum atomic E-state index is 0.565. The number of hydrogen-bond donors (Lipinski definition) is 0. The van der Waals surface area contributed by atoms with Gasteiger partial charge in [-0.25, -0.2) is 4.98 Å². The number of fused-ring (bicyclic) bond motifs is 12. The van der Waals surface area contributed by atoms with Gasteiger partial charge in [-0.1, -0.05) is 164 Å². The van der Waals surface area contributed by atoms with E-state index in [1.54, 1.807) is 0 Å². The van der Waals surface area contributed by atoms with Crippen LogP contribution in [0.15, 0.2) is 200 Å². The van der Waals surface area contributed by atoms with E-state index in [4.69, 9.17) is 15.0 Å². The van der Waals surface area contributed by atoms with Crippen molar-refractivity contribution in [2.45, 2.75) is 0 Å². The topological polar surface area (TPSA) is 48.0 Å². The lowest BCUT2D eigenvalue weighted by atomic mass is 10.0. The fourth-order valence-corrected chi connectivity index (χ4v) is 8.90. The van der Waals surface area contributed by atoms with Crippen LogP contribution in [0.3, 0.4) is 0 Å². The fraction of sp³-hybridized carbons (Fsp3) is 0. The van der Waals surface area contributed by atoms with E-state index < -0.39 is 0 Å². The van der Waals surface area contributed by atoms with Gasteiger partial charge < -0.3 is 4.40 Å². The minimum absolute atomic E-state index is 0.565. The molecular formula is C53H33N5. The summed E-state index contributed by atoms with van der Waals surface area (Å²) >= 11 is 0. The van der Waals surface area contributed by atoms with Crippen LogP contribution < -0.4 is 0 Å². The first kappa shape index (κ1) is 32.4. The van der Waals surface area contributed by atoms with E-state index in [1.165, 1.54) is 27.2 Å². The summed E-state index contributed by atoms with van der Waals surface area (Å²) in [5.41, 5.74) is 11.9. The van der Waals surface area contributed by atoms with Gasteiger partial charge in [0, 0.05) is 38.1 Å². The van der Waals surface area contributed by atoms with E-state index in [1.807, 2.05) is 12.1 Å². The Hall–Kier alpha value is -7.89. The SMILES string of the molecule is c1ccc(-c2cccc(-c3nc(-c4cccc(-c5ccccc5)c4)nc(-n4c5ccccc5c5ccc6c(c7ccccc7c7cc8ccccc8n76)c54)n3)c2)cc1. The number of hydrogen-bond acceptors (Lipinski definition) is 3. The van der Waals surface area contributed by atoms with Crippen LogP contribution in [-0.4, -0.2) is 23.9 Å². The van der Waals surface area contributed by atoms with E-state index in [9.17, 15) is 0 Å². The monoisotopic (exact) mass is 739 g/mol. The summed E-state index contributed by atoms with van der Waals surface area (Å²) in [5, 5.41) is 7.03. The summed E-state index contributed by atoms with van der Waals surface area (Å²) in [6, 6.07) is 70.8. The molecule has 0 amide bonds. The third-order valence-corrected chi connectivity index (χ3v) is 11.5. The third kappa shape index (κ3) is 5.00. The van der Waals surface area contributed by atoms with Crippen LogP contribution in [0.2, 0.25) is 0 Å². The molecule has 0 saturated carbocycles. The molecule has 0 fully saturated rings. The Morgan fingerprint density at radius 2 is 0.828 bits per heavy atom. The Morgan fingerprint density at radius 1 is 0.310 bits per heavy atom. The summed E-state index contributed by atoms with van der Waals surface area (Å²) in [7, 11) is 0. The van der Waals surface area contributed by atoms with Crippen LogP contribution in [0.4, 0.5) is 0 Å². The zero-order valence-corrected chi connectivity index (χ0v) is 31.3. The van der Waals surface area contributed by atoms with Gasteiger partial charge in [-0.3, -0.25) is 4.57 Å². The van der Waals surface area contributed by atoms with Crippen molar-refractivity contribution in [3.63, 3.8) is 0 Å². The summed E-state index contributed by atoms with van der Waals surface area (Å²) in [6.45, 7) is 0. The molecule has 0 atom stereocenters. The van der Waals surface area contributed by atoms with Crippen LogP contribution >= 0.6 is 0 Å². The molecule has 4 aromatic heterocycles. The van der Waals surface area contributed by atoms with Gasteiger partial charge in [0.1, 0.15) is 0 Å². The highest BCUT2D eigenvalue weighted by Crippen LogP contribution is 2.42. The number of pyridine rings is 1. The predicted octanol–water partition coefficient (Wildman–Crippen LogP) is 13.3. The second-order valence-electron chi connectivity index (χ2n) is 14.9. The summed E-state index contributed by atoms with van der Waals surface area (Å²) in [6.07, 6.45) is 0. The number of para-hydroxylation sites is 2. The fourth-order valence-electron chi connectivity index (χ4n) is 8.90. The molecule has 270 valence electrons. The Balaban J connectivity index is 1.20. The first-order valence-electron chi connectivity index (χ1n) is 19.6. The van der Waals surface area contributed by atoms with Gasteiger partial charge in [-0.15, -0.1) is 0 Å². The van der Waals surface area contributed by atoms with Gasteiger partial charge in [0.05, 0.1) is 27.6 Å². The van der Waals surface area contributed by atoms with Crippen molar-refractivity contribution in [1.82, 2.24) is 23.9 Å². The van der Waals surface area contributed by atoms with Crippen LogP contribution in [0.5, 0.6) is 0 Å². The molecule has 0 unspecified atom stereocenters. The lowest BCUT2D eigenvalue weighted by Crippen LogP contribution is -2.07. The Kier molecular flexibility index (Phi) is 7.16. The van der Waals surface area contributed by atoms with Crippen molar-refractivity contribution < 1.29 is 0 Å². The average Bonchev–Trinajstić information content (AvgIpc) is 3.86. The molecule has 58 heavy (non-hydrogen) atoms. The molecule has 12 rings (SSSR count). The van der Waals surface area contributed by atoms with Crippen LogP contribution in [0, 0.1) is 0 Å². The van der Waals surface area contributed by atoms with Gasteiger partial charge in [-0.2, -0.15) is 9.97 Å². The predicted molar refractivity (Wildman–Crippen MR) is 239 cm³/mol. The van der Waals surface area contributed by atoms with E-state index in [0.29, 0.717) is 17.6 Å². The third-order valence-electron chi connectivity index (χ3n) is 11.5. The van der Waals surface area contributed by atoms with Crippen molar-refractivity contribution in [3.8, 4) is 51.0 Å². The quantitative estimate of drug-likeness (QED) is 0.165. The average molecular weight is 740 g/mol. The lowest BCUT2D eigenvalue weighted by molar-refractivity contribution is 0.955. The normalized spacial score (nSPS) is 11.8. The van der Waals surface area contributed by atoms with Crippen molar-refractivity contribution in [3.05, 3.63) is 200 Å². The highest BCUT2D eigenvalue weighted by molar-refractivity contribution is 6.27. The van der Waals surface area contributed by atoms with Crippen molar-refractivity contribution >= 4 is 59.9 Å². The second kappa shape index (κ2) is 12.8. The molecule has 4 heterocycles. The van der Waals surface area contributed by atoms with Gasteiger partial charge in [0.2, 0.25) is 5.95 Å². The summed E-state index contributed by atoms with van der Waals surface area (Å²) < 4.78 is 4.69. The Bertz CT molecular complexity index is 3460. The number of benzene rings is 8. The largest absolute Gasteiger partial charge is 0.309 e. The van der Waals surface area contributed by atoms with Crippen LogP contribution in [0.1, 0.15) is 0 Å². The highest BCUT2D eigenvalue weighted by Gasteiger charge is 2.23. The number of nitrogens with zero attached hydrogens (tertiary/aromatic N) is 5. The first-order valence-corrected chi connectivity index (χ1v) is 19.6. The van der Waals surface area contributed by atoms with Crippen molar-refractivity contribution in [2.75, 3.05) is 0 Å². The minimum Gasteiger partial charge on any atom is -0.309 e. The standard InChI is InChI=1S/C53H33N5/c1-3-15-34(16-4-1)36-20-13-22-39(31-36)51-54-52(40-23-14-21-37(32-40)35-17-5-2-6-18-35)56-53(55-51)58-46-28-12-10-25-42(46)44-29-30-47-49(50(44)58)43-26-9-8-24-41(43)48-33-38-19-7-11-27-45(38)57(47)48/h1-33H. The zero-order valence-electron chi connectivity index (χ0n) is 31.3. The maximum Gasteiger partial charge on any atom is 0.238 e. The molecule has 0 spiro atoms. The molecule has 0 aliphatic carbocycles. The number of aromatic nitrogens is 5. The first-order chi connectivity index (χ1) is 28.8. The molecular weight excluding hydrogens is 707 g/mol. The van der Waals surface area contributed by atoms with E-state index >= 15 is 0 Å². The maximum atomic E-state index is 5.41. The van der Waals surface area contributed by atoms with Gasteiger partial charge in [0.25, 0.3) is 0 Å². The van der Waals surface area contributed by atoms with E-state index in [0.717, 1.165) is 66.1 Å². The van der Waals surface area contributed by atoms with E-state index in [-0.39, 0.29) is 0 Å². The Labute approximate surface area is 333 Å². The van der Waals surface area contributed by atoms with Gasteiger partial charge in [-0.05, 0) is 64.0 Å².